The van der Waals surface area contributed by atoms with E-state index >= 15 is 0 Å². The van der Waals surface area contributed by atoms with Crippen LogP contribution >= 0.6 is 0 Å². The van der Waals surface area contributed by atoms with E-state index in [0.717, 1.165) is 67.3 Å². The minimum atomic E-state index is 0.694. The number of hydrogen-bond donors (Lipinski definition) is 0. The van der Waals surface area contributed by atoms with E-state index in [0.29, 0.717) is 6.61 Å². The van der Waals surface area contributed by atoms with Crippen molar-refractivity contribution in [2.24, 2.45) is 7.05 Å². The summed E-state index contributed by atoms with van der Waals surface area (Å²) < 4.78 is 13.3. The predicted molar refractivity (Wildman–Crippen MR) is 106 cm³/mol. The van der Waals surface area contributed by atoms with Crippen molar-refractivity contribution < 1.29 is 9.47 Å². The summed E-state index contributed by atoms with van der Waals surface area (Å²) in [6.45, 7) is 7.55. The number of aryl methyl sites for hydroxylation is 2. The van der Waals surface area contributed by atoms with Gasteiger partial charge in [0.2, 0.25) is 0 Å². The molecule has 4 rings (SSSR count). The van der Waals surface area contributed by atoms with Crippen LogP contribution in [0.15, 0.2) is 36.5 Å². The molecule has 0 bridgehead atoms. The molecule has 0 spiro atoms. The Bertz CT molecular complexity index is 916. The zero-order valence-corrected chi connectivity index (χ0v) is 16.0. The molecule has 0 radical (unpaired) electrons. The van der Waals surface area contributed by atoms with Crippen molar-refractivity contribution in [3.63, 3.8) is 0 Å². The highest BCUT2D eigenvalue weighted by Gasteiger charge is 2.13. The molecule has 6 nitrogen and oxygen atoms in total. The Kier molecular flexibility index (Phi) is 5.36. The summed E-state index contributed by atoms with van der Waals surface area (Å²) >= 11 is 0. The zero-order chi connectivity index (χ0) is 18.6. The Balaban J connectivity index is 1.47. The normalized spacial score (nSPS) is 15.3. The van der Waals surface area contributed by atoms with E-state index in [-0.39, 0.29) is 0 Å². The van der Waals surface area contributed by atoms with E-state index in [1.54, 1.807) is 0 Å². The molecule has 0 N–H and O–H groups in total. The SMILES string of the molecule is Cc1cc(-c2ccccc2OCCCN2CCOCC2)nc2nn(C)cc12. The largest absolute Gasteiger partial charge is 0.493 e. The molecule has 0 atom stereocenters. The Labute approximate surface area is 159 Å². The molecule has 142 valence electrons. The highest BCUT2D eigenvalue weighted by atomic mass is 16.5. The maximum Gasteiger partial charge on any atom is 0.181 e. The van der Waals surface area contributed by atoms with Gasteiger partial charge in [0, 0.05) is 43.8 Å². The molecule has 1 aliphatic heterocycles. The van der Waals surface area contributed by atoms with Gasteiger partial charge in [-0.15, -0.1) is 0 Å². The van der Waals surface area contributed by atoms with Crippen molar-refractivity contribution in [1.29, 1.82) is 0 Å². The summed E-state index contributed by atoms with van der Waals surface area (Å²) in [5.74, 6) is 0.877. The molecule has 1 fully saturated rings. The summed E-state index contributed by atoms with van der Waals surface area (Å²) in [6, 6.07) is 10.2. The van der Waals surface area contributed by atoms with Gasteiger partial charge in [-0.2, -0.15) is 5.10 Å². The molecule has 0 amide bonds. The molecule has 0 unspecified atom stereocenters. The van der Waals surface area contributed by atoms with E-state index in [1.807, 2.05) is 36.1 Å². The molecule has 3 heterocycles. The van der Waals surface area contributed by atoms with Gasteiger partial charge in [0.15, 0.2) is 5.65 Å². The first kappa shape index (κ1) is 17.9. The third-order valence-corrected chi connectivity index (χ3v) is 4.96. The summed E-state index contributed by atoms with van der Waals surface area (Å²) in [7, 11) is 1.92. The van der Waals surface area contributed by atoms with Crippen LogP contribution in [0.4, 0.5) is 0 Å². The molecular weight excluding hydrogens is 340 g/mol. The number of aromatic nitrogens is 3. The van der Waals surface area contributed by atoms with E-state index in [9.17, 15) is 0 Å². The highest BCUT2D eigenvalue weighted by Crippen LogP contribution is 2.31. The molecule has 3 aromatic rings. The van der Waals surface area contributed by atoms with E-state index < -0.39 is 0 Å². The quantitative estimate of drug-likeness (QED) is 0.628. The van der Waals surface area contributed by atoms with Gasteiger partial charge in [-0.1, -0.05) is 12.1 Å². The van der Waals surface area contributed by atoms with Gasteiger partial charge >= 0.3 is 0 Å². The van der Waals surface area contributed by atoms with Crippen molar-refractivity contribution in [1.82, 2.24) is 19.7 Å². The maximum absolute atomic E-state index is 6.12. The molecular formula is C21H26N4O2. The fraction of sp³-hybridized carbons (Fsp3) is 0.429. The summed E-state index contributed by atoms with van der Waals surface area (Å²) in [5.41, 5.74) is 3.86. The van der Waals surface area contributed by atoms with Gasteiger partial charge in [0.05, 0.1) is 25.5 Å². The van der Waals surface area contributed by atoms with Gasteiger partial charge in [0.1, 0.15) is 5.75 Å². The number of nitrogens with zero attached hydrogens (tertiary/aromatic N) is 4. The molecule has 6 heteroatoms. The summed E-state index contributed by atoms with van der Waals surface area (Å²) in [5, 5.41) is 5.55. The molecule has 1 saturated heterocycles. The molecule has 0 saturated carbocycles. The minimum Gasteiger partial charge on any atom is -0.493 e. The van der Waals surface area contributed by atoms with Gasteiger partial charge < -0.3 is 9.47 Å². The minimum absolute atomic E-state index is 0.694. The van der Waals surface area contributed by atoms with Crippen LogP contribution in [0, 0.1) is 6.92 Å². The molecule has 0 aliphatic carbocycles. The lowest BCUT2D eigenvalue weighted by atomic mass is 10.1. The third kappa shape index (κ3) is 4.12. The second-order valence-corrected chi connectivity index (χ2v) is 7.02. The lowest BCUT2D eigenvalue weighted by molar-refractivity contribution is 0.0358. The fourth-order valence-corrected chi connectivity index (χ4v) is 3.50. The monoisotopic (exact) mass is 366 g/mol. The standard InChI is InChI=1S/C21H26N4O2/c1-16-14-19(22-21-18(16)15-24(2)23-21)17-6-3-4-7-20(17)27-11-5-8-25-9-12-26-13-10-25/h3-4,6-7,14-15H,5,8-13H2,1-2H3. The van der Waals surface area contributed by atoms with Gasteiger partial charge in [-0.05, 0) is 37.1 Å². The Morgan fingerprint density at radius 2 is 2.00 bits per heavy atom. The van der Waals surface area contributed by atoms with Gasteiger partial charge in [0.25, 0.3) is 0 Å². The zero-order valence-electron chi connectivity index (χ0n) is 16.0. The average Bonchev–Trinajstić information content (AvgIpc) is 3.07. The smallest absolute Gasteiger partial charge is 0.181 e. The third-order valence-electron chi connectivity index (χ3n) is 4.96. The average molecular weight is 366 g/mol. The van der Waals surface area contributed by atoms with Crippen LogP contribution in [-0.4, -0.2) is 59.1 Å². The van der Waals surface area contributed by atoms with Crippen molar-refractivity contribution in [2.45, 2.75) is 13.3 Å². The first-order valence-electron chi connectivity index (χ1n) is 9.54. The van der Waals surface area contributed by atoms with E-state index in [1.165, 1.54) is 5.56 Å². The first-order chi connectivity index (χ1) is 13.2. The van der Waals surface area contributed by atoms with Crippen LogP contribution < -0.4 is 4.74 Å². The number of benzene rings is 1. The van der Waals surface area contributed by atoms with Gasteiger partial charge in [-0.3, -0.25) is 9.58 Å². The van der Waals surface area contributed by atoms with Crippen molar-refractivity contribution in [2.75, 3.05) is 39.5 Å². The van der Waals surface area contributed by atoms with E-state index in [4.69, 9.17) is 14.5 Å². The number of fused-ring (bicyclic) bond motifs is 1. The Morgan fingerprint density at radius 1 is 1.19 bits per heavy atom. The maximum atomic E-state index is 6.12. The number of morpholine rings is 1. The molecule has 1 aliphatic rings. The Hall–Kier alpha value is -2.44. The molecule has 1 aromatic carbocycles. The van der Waals surface area contributed by atoms with E-state index in [2.05, 4.69) is 29.1 Å². The lowest BCUT2D eigenvalue weighted by Gasteiger charge is -2.26. The van der Waals surface area contributed by atoms with Crippen molar-refractivity contribution in [3.8, 4) is 17.0 Å². The number of hydrogen-bond acceptors (Lipinski definition) is 5. The van der Waals surface area contributed by atoms with Crippen LogP contribution in [0.2, 0.25) is 0 Å². The van der Waals surface area contributed by atoms with Crippen LogP contribution in [0.5, 0.6) is 5.75 Å². The summed E-state index contributed by atoms with van der Waals surface area (Å²) in [4.78, 5) is 7.18. The second-order valence-electron chi connectivity index (χ2n) is 7.02. The van der Waals surface area contributed by atoms with Crippen LogP contribution in [0.1, 0.15) is 12.0 Å². The number of pyridine rings is 1. The first-order valence-corrected chi connectivity index (χ1v) is 9.54. The number of para-hydroxylation sites is 1. The van der Waals surface area contributed by atoms with Crippen LogP contribution in [0.3, 0.4) is 0 Å². The van der Waals surface area contributed by atoms with Crippen LogP contribution in [-0.2, 0) is 11.8 Å². The van der Waals surface area contributed by atoms with Crippen LogP contribution in [0.25, 0.3) is 22.3 Å². The highest BCUT2D eigenvalue weighted by molar-refractivity contribution is 5.82. The fourth-order valence-electron chi connectivity index (χ4n) is 3.50. The number of rotatable bonds is 6. The Morgan fingerprint density at radius 3 is 2.85 bits per heavy atom. The van der Waals surface area contributed by atoms with Gasteiger partial charge in [-0.25, -0.2) is 4.98 Å². The lowest BCUT2D eigenvalue weighted by Crippen LogP contribution is -2.37. The topological polar surface area (TPSA) is 52.4 Å². The van der Waals surface area contributed by atoms with Crippen molar-refractivity contribution >= 4 is 11.0 Å². The molecule has 2 aromatic heterocycles. The molecule has 27 heavy (non-hydrogen) atoms. The summed E-state index contributed by atoms with van der Waals surface area (Å²) in [6.07, 6.45) is 3.01. The second kappa shape index (κ2) is 8.06. The predicted octanol–water partition coefficient (Wildman–Crippen LogP) is 3.04. The van der Waals surface area contributed by atoms with Crippen molar-refractivity contribution in [3.05, 3.63) is 42.1 Å². The number of ether oxygens (including phenoxy) is 2.